The molecular weight excluding hydrogens is 420 g/mol. The summed E-state index contributed by atoms with van der Waals surface area (Å²) in [7, 11) is 0. The molecule has 3 saturated carbocycles. The van der Waals surface area contributed by atoms with E-state index in [0.717, 1.165) is 37.7 Å². The van der Waals surface area contributed by atoms with Crippen molar-refractivity contribution < 1.29 is 29.3 Å². The van der Waals surface area contributed by atoms with Crippen LogP contribution in [0.3, 0.4) is 0 Å². The van der Waals surface area contributed by atoms with Crippen molar-refractivity contribution in [2.24, 2.45) is 40.4 Å². The number of fused-ring (bicyclic) bond motifs is 5. The van der Waals surface area contributed by atoms with Gasteiger partial charge in [0.1, 0.15) is 6.61 Å². The number of aliphatic hydroxyl groups is 2. The summed E-state index contributed by atoms with van der Waals surface area (Å²) >= 11 is 0. The lowest BCUT2D eigenvalue weighted by Gasteiger charge is -2.60. The second kappa shape index (κ2) is 9.10. The molecule has 0 heterocycles. The van der Waals surface area contributed by atoms with Crippen LogP contribution in [0.15, 0.2) is 23.8 Å². The summed E-state index contributed by atoms with van der Waals surface area (Å²) in [4.78, 5) is 37.1. The highest BCUT2D eigenvalue weighted by Crippen LogP contribution is 2.66. The number of esters is 1. The third-order valence-electron chi connectivity index (χ3n) is 9.38. The number of unbranched alkanes of at least 4 members (excludes halogenated alkanes) is 1. The van der Waals surface area contributed by atoms with Crippen LogP contribution in [0, 0.1) is 40.4 Å². The van der Waals surface area contributed by atoms with Gasteiger partial charge >= 0.3 is 5.97 Å². The van der Waals surface area contributed by atoms with Crippen molar-refractivity contribution in [3.05, 3.63) is 23.8 Å². The minimum Gasteiger partial charge on any atom is -0.465 e. The van der Waals surface area contributed by atoms with E-state index >= 15 is 0 Å². The van der Waals surface area contributed by atoms with Gasteiger partial charge in [0.05, 0.1) is 12.7 Å². The smallest absolute Gasteiger partial charge is 0.305 e. The first kappa shape index (κ1) is 24.3. The number of aliphatic hydroxyl groups excluding tert-OH is 2. The van der Waals surface area contributed by atoms with E-state index in [1.165, 1.54) is 0 Å². The van der Waals surface area contributed by atoms with Gasteiger partial charge in [0.15, 0.2) is 11.6 Å². The van der Waals surface area contributed by atoms with Crippen LogP contribution in [0.2, 0.25) is 0 Å². The third-order valence-corrected chi connectivity index (χ3v) is 9.38. The Morgan fingerprint density at radius 2 is 2.00 bits per heavy atom. The first-order valence-electron chi connectivity index (χ1n) is 12.6. The molecular formula is C27H38O6. The molecule has 33 heavy (non-hydrogen) atoms. The predicted octanol–water partition coefficient (Wildman–Crippen LogP) is 3.40. The Morgan fingerprint density at radius 3 is 2.70 bits per heavy atom. The molecule has 0 spiro atoms. The molecule has 0 amide bonds. The number of carbonyl (C=O) groups excluding carboxylic acids is 3. The van der Waals surface area contributed by atoms with Gasteiger partial charge < -0.3 is 14.9 Å². The van der Waals surface area contributed by atoms with E-state index in [2.05, 4.69) is 13.8 Å². The van der Waals surface area contributed by atoms with Crippen molar-refractivity contribution in [1.29, 1.82) is 0 Å². The topological polar surface area (TPSA) is 101 Å². The number of Topliss-reactive ketones (excluding diaryl/α,β-unsaturated/α-hetero) is 1. The van der Waals surface area contributed by atoms with Gasteiger partial charge in [-0.3, -0.25) is 14.4 Å². The maximum atomic E-state index is 12.5. The summed E-state index contributed by atoms with van der Waals surface area (Å²) in [5.41, 5.74) is 0.120. The fraction of sp³-hybridized carbons (Fsp3) is 0.741. The molecule has 4 aliphatic carbocycles. The van der Waals surface area contributed by atoms with Crippen LogP contribution in [-0.2, 0) is 19.1 Å². The second-order valence-corrected chi connectivity index (χ2v) is 11.2. The minimum absolute atomic E-state index is 0.0544. The molecule has 0 unspecified atom stereocenters. The van der Waals surface area contributed by atoms with Crippen LogP contribution in [0.25, 0.3) is 0 Å². The molecule has 3 fully saturated rings. The van der Waals surface area contributed by atoms with Gasteiger partial charge in [-0.1, -0.05) is 33.3 Å². The zero-order chi connectivity index (χ0) is 24.0. The summed E-state index contributed by atoms with van der Waals surface area (Å²) in [6, 6.07) is 0. The number of hydrogen-bond acceptors (Lipinski definition) is 6. The maximum Gasteiger partial charge on any atom is 0.305 e. The van der Waals surface area contributed by atoms with Crippen LogP contribution < -0.4 is 0 Å². The molecule has 6 heteroatoms. The molecule has 0 aromatic carbocycles. The fourth-order valence-electron chi connectivity index (χ4n) is 7.94. The van der Waals surface area contributed by atoms with E-state index in [4.69, 9.17) is 4.74 Å². The van der Waals surface area contributed by atoms with Crippen molar-refractivity contribution in [2.75, 3.05) is 13.2 Å². The van der Waals surface area contributed by atoms with Crippen LogP contribution >= 0.6 is 0 Å². The van der Waals surface area contributed by atoms with Crippen molar-refractivity contribution in [1.82, 2.24) is 0 Å². The SMILES string of the molecule is CCCCC(=O)OC[C@H]1C[C@@H]2[C@H]([C@@H](O)C[C@]3(C)[C@@H](C(=O)CO)CC[C@@H]23)[C@@]2(C)C=CC(=O)C=C12. The summed E-state index contributed by atoms with van der Waals surface area (Å²) in [6.07, 6.45) is 9.63. The Kier molecular flexibility index (Phi) is 6.71. The van der Waals surface area contributed by atoms with Gasteiger partial charge in [-0.25, -0.2) is 0 Å². The fourth-order valence-corrected chi connectivity index (χ4v) is 7.94. The molecule has 8 atom stereocenters. The molecule has 2 N–H and O–H groups in total. The number of carbonyl (C=O) groups is 3. The van der Waals surface area contributed by atoms with Crippen molar-refractivity contribution in [3.8, 4) is 0 Å². The first-order valence-corrected chi connectivity index (χ1v) is 12.6. The van der Waals surface area contributed by atoms with Gasteiger partial charge in [-0.05, 0) is 67.1 Å². The monoisotopic (exact) mass is 458 g/mol. The molecule has 182 valence electrons. The summed E-state index contributed by atoms with van der Waals surface area (Å²) in [5, 5.41) is 21.0. The Labute approximate surface area is 196 Å². The average molecular weight is 459 g/mol. The number of allylic oxidation sites excluding steroid dienone is 3. The molecule has 4 aliphatic rings. The molecule has 4 rings (SSSR count). The van der Waals surface area contributed by atoms with Gasteiger partial charge in [0.25, 0.3) is 0 Å². The Hall–Kier alpha value is -1.79. The lowest BCUT2D eigenvalue weighted by atomic mass is 9.45. The van der Waals surface area contributed by atoms with E-state index in [-0.39, 0.29) is 59.1 Å². The highest BCUT2D eigenvalue weighted by atomic mass is 16.5. The number of rotatable bonds is 7. The third kappa shape index (κ3) is 4.03. The number of ether oxygens (including phenoxy) is 1. The molecule has 0 aromatic heterocycles. The lowest BCUT2D eigenvalue weighted by molar-refractivity contribution is -0.152. The van der Waals surface area contributed by atoms with Gasteiger partial charge in [0, 0.05) is 29.6 Å². The van der Waals surface area contributed by atoms with E-state index in [1.54, 1.807) is 12.2 Å². The van der Waals surface area contributed by atoms with E-state index < -0.39 is 18.1 Å². The summed E-state index contributed by atoms with van der Waals surface area (Å²) in [6.45, 7) is 6.03. The quantitative estimate of drug-likeness (QED) is 0.567. The molecule has 0 saturated heterocycles. The van der Waals surface area contributed by atoms with Crippen LogP contribution in [0.4, 0.5) is 0 Å². The molecule has 0 bridgehead atoms. The second-order valence-electron chi connectivity index (χ2n) is 11.2. The molecule has 0 radical (unpaired) electrons. The van der Waals surface area contributed by atoms with Crippen LogP contribution in [0.5, 0.6) is 0 Å². The first-order chi connectivity index (χ1) is 15.7. The molecule has 0 aliphatic heterocycles. The van der Waals surface area contributed by atoms with Crippen LogP contribution in [0.1, 0.15) is 65.7 Å². The average Bonchev–Trinajstić information content (AvgIpc) is 3.12. The van der Waals surface area contributed by atoms with E-state index in [9.17, 15) is 24.6 Å². The normalized spacial score (nSPS) is 41.6. The Morgan fingerprint density at radius 1 is 1.24 bits per heavy atom. The standard InChI is InChI=1S/C27H38O6/c1-4-5-6-24(32)33-15-16-11-18-19-7-8-20(23(31)14-28)27(19,3)13-22(30)25(18)26(2)10-9-17(29)12-21(16)26/h9-10,12,16,18-20,22,25,28,30H,4-8,11,13-15H2,1-3H3/t16-,18+,19+,20-,22+,25-,26+,27+/m1/s1. The predicted molar refractivity (Wildman–Crippen MR) is 123 cm³/mol. The van der Waals surface area contributed by atoms with Crippen molar-refractivity contribution in [3.63, 3.8) is 0 Å². The van der Waals surface area contributed by atoms with Crippen molar-refractivity contribution >= 4 is 17.5 Å². The lowest BCUT2D eigenvalue weighted by Crippen LogP contribution is -2.58. The van der Waals surface area contributed by atoms with Crippen LogP contribution in [-0.4, -0.2) is 47.1 Å². The van der Waals surface area contributed by atoms with Gasteiger partial charge in [0.2, 0.25) is 0 Å². The number of hydrogen-bond donors (Lipinski definition) is 2. The number of ketones is 2. The molecule has 0 aromatic rings. The Bertz CT molecular complexity index is 874. The maximum absolute atomic E-state index is 12.5. The highest BCUT2D eigenvalue weighted by Gasteiger charge is 2.63. The minimum atomic E-state index is -0.609. The zero-order valence-electron chi connectivity index (χ0n) is 20.1. The van der Waals surface area contributed by atoms with Gasteiger partial charge in [-0.15, -0.1) is 0 Å². The zero-order valence-corrected chi connectivity index (χ0v) is 20.1. The summed E-state index contributed by atoms with van der Waals surface area (Å²) < 4.78 is 5.67. The van der Waals surface area contributed by atoms with E-state index in [1.807, 2.05) is 13.0 Å². The highest BCUT2D eigenvalue weighted by molar-refractivity contribution is 6.01. The molecule has 6 nitrogen and oxygen atoms in total. The Balaban J connectivity index is 1.66. The van der Waals surface area contributed by atoms with E-state index in [0.29, 0.717) is 12.8 Å². The largest absolute Gasteiger partial charge is 0.465 e. The summed E-state index contributed by atoms with van der Waals surface area (Å²) in [5.74, 6) is -0.378. The van der Waals surface area contributed by atoms with Gasteiger partial charge in [-0.2, -0.15) is 0 Å². The van der Waals surface area contributed by atoms with Crippen molar-refractivity contribution in [2.45, 2.75) is 71.8 Å².